The van der Waals surface area contributed by atoms with Gasteiger partial charge in [0.2, 0.25) is 5.95 Å². The van der Waals surface area contributed by atoms with E-state index < -0.39 is 0 Å². The molecule has 0 atom stereocenters. The molecule has 0 saturated heterocycles. The third-order valence-electron chi connectivity index (χ3n) is 2.89. The van der Waals surface area contributed by atoms with Gasteiger partial charge in [0.15, 0.2) is 0 Å². The second-order valence-corrected chi connectivity index (χ2v) is 4.69. The number of nitrogens with zero attached hydrogens (tertiary/aromatic N) is 2. The molecule has 1 aromatic rings. The maximum Gasteiger partial charge on any atom is 0.222 e. The van der Waals surface area contributed by atoms with Crippen LogP contribution in [0.2, 0.25) is 0 Å². The number of nitrogens with one attached hydrogen (secondary N) is 1. The van der Waals surface area contributed by atoms with Crippen LogP contribution in [0, 0.1) is 5.92 Å². The monoisotopic (exact) mass is 225 g/mol. The highest BCUT2D eigenvalue weighted by Crippen LogP contribution is 2.27. The molecule has 1 N–H and O–H groups in total. The summed E-state index contributed by atoms with van der Waals surface area (Å²) in [5.74, 6) is 1.45. The lowest BCUT2D eigenvalue weighted by molar-refractivity contribution is 0.377. The fourth-order valence-electron chi connectivity index (χ4n) is 1.95. The van der Waals surface area contributed by atoms with Crippen LogP contribution in [-0.2, 0) is 0 Å². The fraction of sp³-hybridized carbons (Fsp3) is 0.636. The van der Waals surface area contributed by atoms with E-state index in [2.05, 4.69) is 15.3 Å². The van der Waals surface area contributed by atoms with Crippen molar-refractivity contribution in [2.24, 2.45) is 5.92 Å². The minimum absolute atomic E-state index is 0.397. The van der Waals surface area contributed by atoms with Gasteiger partial charge in [0, 0.05) is 24.3 Å². The summed E-state index contributed by atoms with van der Waals surface area (Å²) < 4.78 is 0. The van der Waals surface area contributed by atoms with E-state index in [0.29, 0.717) is 5.38 Å². The van der Waals surface area contributed by atoms with Crippen molar-refractivity contribution in [3.05, 3.63) is 18.5 Å². The molecular formula is C11H16ClN3. The SMILES string of the molecule is ClC1CCC(CNc2ncccn2)CC1. The quantitative estimate of drug-likeness (QED) is 0.804. The number of aromatic nitrogens is 2. The molecule has 0 aromatic carbocycles. The summed E-state index contributed by atoms with van der Waals surface area (Å²) >= 11 is 6.05. The van der Waals surface area contributed by atoms with E-state index >= 15 is 0 Å². The summed E-state index contributed by atoms with van der Waals surface area (Å²) in [5.41, 5.74) is 0. The van der Waals surface area contributed by atoms with Crippen molar-refractivity contribution in [2.45, 2.75) is 31.1 Å². The predicted octanol–water partition coefficient (Wildman–Crippen LogP) is 2.69. The zero-order chi connectivity index (χ0) is 10.5. The van der Waals surface area contributed by atoms with Crippen LogP contribution in [0.25, 0.3) is 0 Å². The molecule has 1 heterocycles. The summed E-state index contributed by atoms with van der Waals surface area (Å²) in [6.07, 6.45) is 8.23. The molecule has 1 aromatic heterocycles. The highest BCUT2D eigenvalue weighted by atomic mass is 35.5. The Morgan fingerprint density at radius 3 is 2.53 bits per heavy atom. The first-order valence-electron chi connectivity index (χ1n) is 5.49. The summed E-state index contributed by atoms with van der Waals surface area (Å²) in [4.78, 5) is 8.26. The van der Waals surface area contributed by atoms with Crippen LogP contribution in [-0.4, -0.2) is 21.9 Å². The lowest BCUT2D eigenvalue weighted by atomic mass is 9.89. The van der Waals surface area contributed by atoms with Crippen molar-refractivity contribution in [3.8, 4) is 0 Å². The Bertz CT molecular complexity index is 283. The molecule has 0 amide bonds. The van der Waals surface area contributed by atoms with Gasteiger partial charge < -0.3 is 5.32 Å². The number of halogens is 1. The van der Waals surface area contributed by atoms with Crippen molar-refractivity contribution in [2.75, 3.05) is 11.9 Å². The topological polar surface area (TPSA) is 37.8 Å². The average molecular weight is 226 g/mol. The van der Waals surface area contributed by atoms with E-state index in [1.807, 2.05) is 6.07 Å². The molecular weight excluding hydrogens is 210 g/mol. The van der Waals surface area contributed by atoms with Crippen molar-refractivity contribution < 1.29 is 0 Å². The van der Waals surface area contributed by atoms with Crippen molar-refractivity contribution in [3.63, 3.8) is 0 Å². The van der Waals surface area contributed by atoms with Crippen molar-refractivity contribution >= 4 is 17.5 Å². The minimum Gasteiger partial charge on any atom is -0.354 e. The molecule has 0 unspecified atom stereocenters. The molecule has 0 radical (unpaired) electrons. The maximum atomic E-state index is 6.05. The molecule has 0 spiro atoms. The van der Waals surface area contributed by atoms with Crippen LogP contribution < -0.4 is 5.32 Å². The van der Waals surface area contributed by atoms with Crippen LogP contribution >= 0.6 is 11.6 Å². The lowest BCUT2D eigenvalue weighted by Crippen LogP contribution is -2.21. The van der Waals surface area contributed by atoms with Gasteiger partial charge in [0.1, 0.15) is 0 Å². The highest BCUT2D eigenvalue weighted by Gasteiger charge is 2.19. The van der Waals surface area contributed by atoms with Crippen LogP contribution in [0.5, 0.6) is 0 Å². The molecule has 82 valence electrons. The van der Waals surface area contributed by atoms with Crippen LogP contribution in [0.1, 0.15) is 25.7 Å². The molecule has 0 bridgehead atoms. The van der Waals surface area contributed by atoms with Gasteiger partial charge in [-0.15, -0.1) is 11.6 Å². The lowest BCUT2D eigenvalue weighted by Gasteiger charge is -2.24. The number of alkyl halides is 1. The van der Waals surface area contributed by atoms with E-state index in [1.54, 1.807) is 12.4 Å². The molecule has 2 rings (SSSR count). The van der Waals surface area contributed by atoms with E-state index in [4.69, 9.17) is 11.6 Å². The van der Waals surface area contributed by atoms with E-state index in [1.165, 1.54) is 12.8 Å². The predicted molar refractivity (Wildman–Crippen MR) is 62.1 cm³/mol. The smallest absolute Gasteiger partial charge is 0.222 e. The standard InChI is InChI=1S/C11H16ClN3/c12-10-4-2-9(3-5-10)8-15-11-13-6-1-7-14-11/h1,6-7,9-10H,2-5,8H2,(H,13,14,15). The molecule has 0 aliphatic heterocycles. The zero-order valence-corrected chi connectivity index (χ0v) is 9.45. The van der Waals surface area contributed by atoms with E-state index in [9.17, 15) is 0 Å². The first-order chi connectivity index (χ1) is 7.34. The Morgan fingerprint density at radius 1 is 1.20 bits per heavy atom. The number of rotatable bonds is 3. The molecule has 1 fully saturated rings. The molecule has 4 heteroatoms. The molecule has 1 aliphatic rings. The van der Waals surface area contributed by atoms with Gasteiger partial charge >= 0.3 is 0 Å². The number of anilines is 1. The van der Waals surface area contributed by atoms with E-state index in [0.717, 1.165) is 31.3 Å². The summed E-state index contributed by atoms with van der Waals surface area (Å²) in [5, 5.41) is 3.66. The van der Waals surface area contributed by atoms with Gasteiger partial charge in [0.05, 0.1) is 0 Å². The van der Waals surface area contributed by atoms with Crippen LogP contribution in [0.4, 0.5) is 5.95 Å². The second kappa shape index (κ2) is 5.31. The van der Waals surface area contributed by atoms with Crippen molar-refractivity contribution in [1.29, 1.82) is 0 Å². The third kappa shape index (κ3) is 3.34. The number of hydrogen-bond donors (Lipinski definition) is 1. The Balaban J connectivity index is 1.74. The minimum atomic E-state index is 0.397. The Hall–Kier alpha value is -0.830. The molecule has 1 saturated carbocycles. The normalized spacial score (nSPS) is 26.2. The molecule has 3 nitrogen and oxygen atoms in total. The summed E-state index contributed by atoms with van der Waals surface area (Å²) in [6, 6.07) is 1.82. The third-order valence-corrected chi connectivity index (χ3v) is 3.33. The second-order valence-electron chi connectivity index (χ2n) is 4.07. The van der Waals surface area contributed by atoms with Gasteiger partial charge in [-0.3, -0.25) is 0 Å². The Labute approximate surface area is 95.3 Å². The van der Waals surface area contributed by atoms with Gasteiger partial charge in [-0.2, -0.15) is 0 Å². The first kappa shape index (κ1) is 10.7. The molecule has 1 aliphatic carbocycles. The van der Waals surface area contributed by atoms with Crippen LogP contribution in [0.3, 0.4) is 0 Å². The summed E-state index contributed by atoms with van der Waals surface area (Å²) in [7, 11) is 0. The first-order valence-corrected chi connectivity index (χ1v) is 5.93. The largest absolute Gasteiger partial charge is 0.354 e. The van der Waals surface area contributed by atoms with Crippen molar-refractivity contribution in [1.82, 2.24) is 9.97 Å². The Morgan fingerprint density at radius 2 is 1.87 bits per heavy atom. The van der Waals surface area contributed by atoms with Gasteiger partial charge in [-0.25, -0.2) is 9.97 Å². The molecule has 15 heavy (non-hydrogen) atoms. The average Bonchev–Trinajstić information content (AvgIpc) is 2.30. The summed E-state index contributed by atoms with van der Waals surface area (Å²) in [6.45, 7) is 0.966. The van der Waals surface area contributed by atoms with Gasteiger partial charge in [-0.1, -0.05) is 0 Å². The Kier molecular flexibility index (Phi) is 3.78. The van der Waals surface area contributed by atoms with Gasteiger partial charge in [-0.05, 0) is 37.7 Å². The van der Waals surface area contributed by atoms with Crippen LogP contribution in [0.15, 0.2) is 18.5 Å². The van der Waals surface area contributed by atoms with Gasteiger partial charge in [0.25, 0.3) is 0 Å². The zero-order valence-electron chi connectivity index (χ0n) is 8.69. The number of hydrogen-bond acceptors (Lipinski definition) is 3. The maximum absolute atomic E-state index is 6.05. The van der Waals surface area contributed by atoms with E-state index in [-0.39, 0.29) is 0 Å². The fourth-order valence-corrected chi connectivity index (χ4v) is 2.20. The highest BCUT2D eigenvalue weighted by molar-refractivity contribution is 6.20.